The standard InChI is InChI=1S/C21H26N4O4/c1-22-21(27)15-6-7-19(20(12-15)25(28)29)23-13-16-4-2-3-5-17(16)14-24-10-8-18(26)9-11-24/h2-7,12,18,23,26H,8-11,13-14H2,1H3,(H,22,27). The van der Waals surface area contributed by atoms with Crippen LogP contribution in [0.25, 0.3) is 0 Å². The first-order chi connectivity index (χ1) is 14.0. The number of carbonyl (C=O) groups is 1. The van der Waals surface area contributed by atoms with Crippen molar-refractivity contribution in [1.82, 2.24) is 10.2 Å². The van der Waals surface area contributed by atoms with Crippen LogP contribution < -0.4 is 10.6 Å². The molecule has 1 amide bonds. The zero-order valence-corrected chi connectivity index (χ0v) is 16.4. The van der Waals surface area contributed by atoms with E-state index >= 15 is 0 Å². The first-order valence-corrected chi connectivity index (χ1v) is 9.69. The number of anilines is 1. The van der Waals surface area contributed by atoms with E-state index < -0.39 is 4.92 Å². The minimum absolute atomic E-state index is 0.131. The highest BCUT2D eigenvalue weighted by molar-refractivity contribution is 5.95. The van der Waals surface area contributed by atoms with Crippen molar-refractivity contribution in [3.63, 3.8) is 0 Å². The van der Waals surface area contributed by atoms with Gasteiger partial charge < -0.3 is 15.7 Å². The molecule has 29 heavy (non-hydrogen) atoms. The summed E-state index contributed by atoms with van der Waals surface area (Å²) in [5, 5.41) is 26.8. The van der Waals surface area contributed by atoms with Crippen LogP contribution >= 0.6 is 0 Å². The number of hydrogen-bond donors (Lipinski definition) is 3. The highest BCUT2D eigenvalue weighted by Crippen LogP contribution is 2.27. The van der Waals surface area contributed by atoms with Crippen molar-refractivity contribution in [2.45, 2.75) is 32.0 Å². The number of nitrogens with zero attached hydrogens (tertiary/aromatic N) is 2. The first-order valence-electron chi connectivity index (χ1n) is 9.69. The highest BCUT2D eigenvalue weighted by atomic mass is 16.6. The van der Waals surface area contributed by atoms with E-state index in [0.29, 0.717) is 12.2 Å². The number of likely N-dealkylation sites (tertiary alicyclic amines) is 1. The molecule has 0 bridgehead atoms. The van der Waals surface area contributed by atoms with Gasteiger partial charge in [-0.05, 0) is 36.1 Å². The molecule has 1 aliphatic heterocycles. The molecule has 0 aliphatic carbocycles. The fourth-order valence-electron chi connectivity index (χ4n) is 3.51. The van der Waals surface area contributed by atoms with Gasteiger partial charge in [0.05, 0.1) is 11.0 Å². The van der Waals surface area contributed by atoms with E-state index in [-0.39, 0.29) is 23.3 Å². The van der Waals surface area contributed by atoms with E-state index in [4.69, 9.17) is 0 Å². The topological polar surface area (TPSA) is 108 Å². The second-order valence-corrected chi connectivity index (χ2v) is 7.20. The summed E-state index contributed by atoms with van der Waals surface area (Å²) in [6.07, 6.45) is 1.36. The molecule has 2 aromatic carbocycles. The van der Waals surface area contributed by atoms with Crippen LogP contribution in [0.2, 0.25) is 0 Å². The van der Waals surface area contributed by atoms with Crippen molar-refractivity contribution in [3.8, 4) is 0 Å². The number of benzene rings is 2. The zero-order chi connectivity index (χ0) is 20.8. The summed E-state index contributed by atoms with van der Waals surface area (Å²) < 4.78 is 0. The second kappa shape index (κ2) is 9.49. The second-order valence-electron chi connectivity index (χ2n) is 7.20. The van der Waals surface area contributed by atoms with Gasteiger partial charge in [-0.2, -0.15) is 0 Å². The summed E-state index contributed by atoms with van der Waals surface area (Å²) in [4.78, 5) is 25.0. The van der Waals surface area contributed by atoms with Crippen molar-refractivity contribution >= 4 is 17.3 Å². The number of carbonyl (C=O) groups excluding carboxylic acids is 1. The highest BCUT2D eigenvalue weighted by Gasteiger charge is 2.19. The lowest BCUT2D eigenvalue weighted by atomic mass is 10.0. The minimum atomic E-state index is -0.486. The lowest BCUT2D eigenvalue weighted by Crippen LogP contribution is -2.35. The van der Waals surface area contributed by atoms with Crippen molar-refractivity contribution in [2.24, 2.45) is 0 Å². The maximum Gasteiger partial charge on any atom is 0.293 e. The van der Waals surface area contributed by atoms with Crippen molar-refractivity contribution < 1.29 is 14.8 Å². The quantitative estimate of drug-likeness (QED) is 0.489. The van der Waals surface area contributed by atoms with Crippen LogP contribution in [0.3, 0.4) is 0 Å². The SMILES string of the molecule is CNC(=O)c1ccc(NCc2ccccc2CN2CCC(O)CC2)c([N+](=O)[O-])c1. The number of aliphatic hydroxyl groups is 1. The van der Waals surface area contributed by atoms with Gasteiger partial charge >= 0.3 is 0 Å². The summed E-state index contributed by atoms with van der Waals surface area (Å²) in [6, 6.07) is 12.4. The van der Waals surface area contributed by atoms with Crippen molar-refractivity contribution in [2.75, 3.05) is 25.5 Å². The van der Waals surface area contributed by atoms with Crippen LogP contribution in [0.5, 0.6) is 0 Å². The molecule has 0 unspecified atom stereocenters. The Kier molecular flexibility index (Phi) is 6.79. The Morgan fingerprint density at radius 3 is 2.55 bits per heavy atom. The molecule has 1 fully saturated rings. The van der Waals surface area contributed by atoms with E-state index in [1.165, 1.54) is 13.1 Å². The lowest BCUT2D eigenvalue weighted by Gasteiger charge is -2.30. The predicted molar refractivity (Wildman–Crippen MR) is 111 cm³/mol. The normalized spacial score (nSPS) is 15.1. The van der Waals surface area contributed by atoms with Gasteiger partial charge in [-0.3, -0.25) is 19.8 Å². The Balaban J connectivity index is 1.73. The van der Waals surface area contributed by atoms with E-state index in [1.807, 2.05) is 18.2 Å². The van der Waals surface area contributed by atoms with Gasteiger partial charge in [0.25, 0.3) is 11.6 Å². The van der Waals surface area contributed by atoms with Gasteiger partial charge in [-0.1, -0.05) is 24.3 Å². The number of hydrogen-bond acceptors (Lipinski definition) is 6. The van der Waals surface area contributed by atoms with Crippen LogP contribution in [0, 0.1) is 10.1 Å². The Morgan fingerprint density at radius 1 is 1.21 bits per heavy atom. The van der Waals surface area contributed by atoms with E-state index in [2.05, 4.69) is 21.6 Å². The number of nitro groups is 1. The molecule has 2 aromatic rings. The predicted octanol–water partition coefficient (Wildman–Crippen LogP) is 2.52. The number of rotatable bonds is 7. The van der Waals surface area contributed by atoms with Gasteiger partial charge in [0.15, 0.2) is 0 Å². The Morgan fingerprint density at radius 2 is 1.90 bits per heavy atom. The maximum absolute atomic E-state index is 11.8. The fourth-order valence-corrected chi connectivity index (χ4v) is 3.51. The van der Waals surface area contributed by atoms with Gasteiger partial charge in [-0.15, -0.1) is 0 Å². The molecule has 3 rings (SSSR count). The largest absolute Gasteiger partial charge is 0.393 e. The van der Waals surface area contributed by atoms with Crippen LogP contribution in [-0.2, 0) is 13.1 Å². The summed E-state index contributed by atoms with van der Waals surface area (Å²) in [5.74, 6) is -0.364. The smallest absolute Gasteiger partial charge is 0.293 e. The van der Waals surface area contributed by atoms with E-state index in [9.17, 15) is 20.0 Å². The molecule has 0 radical (unpaired) electrons. The molecule has 8 nitrogen and oxygen atoms in total. The Bertz CT molecular complexity index is 879. The molecule has 0 saturated carbocycles. The molecule has 154 valence electrons. The van der Waals surface area contributed by atoms with Gasteiger partial charge in [0.1, 0.15) is 5.69 Å². The molecule has 1 aliphatic rings. The molecular formula is C21H26N4O4. The van der Waals surface area contributed by atoms with Crippen LogP contribution in [0.1, 0.15) is 34.3 Å². The molecule has 0 aromatic heterocycles. The summed E-state index contributed by atoms with van der Waals surface area (Å²) in [5.41, 5.74) is 2.70. The summed E-state index contributed by atoms with van der Waals surface area (Å²) in [6.45, 7) is 2.93. The molecule has 8 heteroatoms. The molecular weight excluding hydrogens is 372 g/mol. The number of nitro benzene ring substituents is 1. The van der Waals surface area contributed by atoms with Gasteiger partial charge in [0, 0.05) is 44.9 Å². The maximum atomic E-state index is 11.8. The Hall–Kier alpha value is -2.97. The molecule has 0 spiro atoms. The summed E-state index contributed by atoms with van der Waals surface area (Å²) >= 11 is 0. The van der Waals surface area contributed by atoms with E-state index in [0.717, 1.165) is 43.6 Å². The number of piperidine rings is 1. The Labute approximate surface area is 169 Å². The van der Waals surface area contributed by atoms with Crippen LogP contribution in [0.15, 0.2) is 42.5 Å². The van der Waals surface area contributed by atoms with Crippen LogP contribution in [0.4, 0.5) is 11.4 Å². The van der Waals surface area contributed by atoms with Gasteiger partial charge in [0.2, 0.25) is 0 Å². The lowest BCUT2D eigenvalue weighted by molar-refractivity contribution is -0.384. The number of nitrogens with one attached hydrogen (secondary N) is 2. The van der Waals surface area contributed by atoms with Gasteiger partial charge in [-0.25, -0.2) is 0 Å². The van der Waals surface area contributed by atoms with Crippen molar-refractivity contribution in [3.05, 3.63) is 69.3 Å². The van der Waals surface area contributed by atoms with Crippen LogP contribution in [-0.4, -0.2) is 47.1 Å². The molecule has 1 heterocycles. The van der Waals surface area contributed by atoms with Crippen molar-refractivity contribution in [1.29, 1.82) is 0 Å². The fraction of sp³-hybridized carbons (Fsp3) is 0.381. The minimum Gasteiger partial charge on any atom is -0.393 e. The average Bonchev–Trinajstić information content (AvgIpc) is 2.74. The molecule has 0 atom stereocenters. The number of aliphatic hydroxyl groups excluding tert-OH is 1. The average molecular weight is 398 g/mol. The third-order valence-electron chi connectivity index (χ3n) is 5.22. The van der Waals surface area contributed by atoms with E-state index in [1.54, 1.807) is 12.1 Å². The third kappa shape index (κ3) is 5.30. The zero-order valence-electron chi connectivity index (χ0n) is 16.4. The third-order valence-corrected chi connectivity index (χ3v) is 5.22. The number of amides is 1. The molecule has 1 saturated heterocycles. The monoisotopic (exact) mass is 398 g/mol. The summed E-state index contributed by atoms with van der Waals surface area (Å²) in [7, 11) is 1.49. The molecule has 3 N–H and O–H groups in total. The first kappa shape index (κ1) is 20.8.